The van der Waals surface area contributed by atoms with Crippen molar-refractivity contribution >= 4 is 46.9 Å². The largest absolute Gasteiger partial charge is 0.489 e. The second kappa shape index (κ2) is 10.1. The molecule has 1 aromatic heterocycles. The Morgan fingerprint density at radius 2 is 2.06 bits per heavy atom. The zero-order chi connectivity index (χ0) is 23.5. The normalized spacial score (nSPS) is 15.1. The number of benzene rings is 2. The van der Waals surface area contributed by atoms with E-state index in [9.17, 15) is 4.79 Å². The first-order valence-electron chi connectivity index (χ1n) is 10.2. The highest BCUT2D eigenvalue weighted by atomic mass is 35.5. The minimum Gasteiger partial charge on any atom is -0.489 e. The smallest absolute Gasteiger partial charge is 0.338 e. The molecule has 172 valence electrons. The maximum atomic E-state index is 12.7. The van der Waals surface area contributed by atoms with Gasteiger partial charge in [0.05, 0.1) is 12.7 Å². The summed E-state index contributed by atoms with van der Waals surface area (Å²) >= 11 is 13.8. The average Bonchev–Trinajstić information content (AvgIpc) is 3.19. The van der Waals surface area contributed by atoms with Gasteiger partial charge < -0.3 is 14.8 Å². The summed E-state index contributed by atoms with van der Waals surface area (Å²) < 4.78 is 12.8. The molecule has 7 nitrogen and oxygen atoms in total. The van der Waals surface area contributed by atoms with Crippen LogP contribution in [-0.2, 0) is 16.1 Å². The van der Waals surface area contributed by atoms with Gasteiger partial charge in [0, 0.05) is 21.3 Å². The van der Waals surface area contributed by atoms with E-state index < -0.39 is 12.0 Å². The molecule has 1 atom stereocenters. The van der Waals surface area contributed by atoms with E-state index in [2.05, 4.69) is 15.4 Å². The highest BCUT2D eigenvalue weighted by Crippen LogP contribution is 2.37. The average molecular weight is 505 g/mol. The van der Waals surface area contributed by atoms with Crippen molar-refractivity contribution in [3.8, 4) is 5.75 Å². The van der Waals surface area contributed by atoms with Crippen LogP contribution >= 0.6 is 35.0 Å². The van der Waals surface area contributed by atoms with E-state index in [0.29, 0.717) is 38.2 Å². The van der Waals surface area contributed by atoms with Crippen molar-refractivity contribution in [1.82, 2.24) is 14.8 Å². The minimum absolute atomic E-state index is 0.274. The zero-order valence-corrected chi connectivity index (χ0v) is 20.6. The first kappa shape index (κ1) is 23.5. The Hall–Kier alpha value is -2.68. The molecule has 2 aromatic carbocycles. The van der Waals surface area contributed by atoms with Gasteiger partial charge >= 0.3 is 5.97 Å². The van der Waals surface area contributed by atoms with Crippen LogP contribution in [0, 0.1) is 0 Å². The van der Waals surface area contributed by atoms with Gasteiger partial charge in [-0.15, -0.1) is 5.10 Å². The maximum Gasteiger partial charge on any atom is 0.338 e. The number of anilines is 1. The Balaban J connectivity index is 1.69. The lowest BCUT2D eigenvalue weighted by molar-refractivity contribution is -0.136. The number of carbonyl (C=O) groups excluding carboxylic acids is 1. The summed E-state index contributed by atoms with van der Waals surface area (Å²) in [6.45, 7) is 4.13. The number of ether oxygens (including phenoxy) is 2. The number of halogens is 2. The molecule has 0 saturated heterocycles. The lowest BCUT2D eigenvalue weighted by Crippen LogP contribution is -2.29. The predicted molar refractivity (Wildman–Crippen MR) is 130 cm³/mol. The number of thioether (sulfide) groups is 1. The number of esters is 1. The Kier molecular flexibility index (Phi) is 7.17. The molecule has 0 spiro atoms. The summed E-state index contributed by atoms with van der Waals surface area (Å²) in [6, 6.07) is 12.3. The number of allylic oxidation sites excluding steroid dienone is 1. The van der Waals surface area contributed by atoms with Crippen molar-refractivity contribution in [1.29, 1.82) is 0 Å². The molecule has 0 saturated carbocycles. The lowest BCUT2D eigenvalue weighted by atomic mass is 9.95. The molecule has 4 rings (SSSR count). The Morgan fingerprint density at radius 3 is 2.79 bits per heavy atom. The van der Waals surface area contributed by atoms with Crippen molar-refractivity contribution in [2.75, 3.05) is 18.2 Å². The fourth-order valence-corrected chi connectivity index (χ4v) is 4.60. The molecule has 0 fully saturated rings. The predicted octanol–water partition coefficient (Wildman–Crippen LogP) is 5.74. The van der Waals surface area contributed by atoms with Gasteiger partial charge in [-0.05, 0) is 42.5 Å². The molecular formula is C23H22Cl2N4O3S. The number of aromatic nitrogens is 3. The molecule has 10 heteroatoms. The minimum atomic E-state index is -0.518. The highest BCUT2D eigenvalue weighted by molar-refractivity contribution is 7.99. The molecule has 1 aliphatic heterocycles. The van der Waals surface area contributed by atoms with Crippen molar-refractivity contribution in [2.45, 2.75) is 31.7 Å². The van der Waals surface area contributed by atoms with Crippen LogP contribution in [0.25, 0.3) is 0 Å². The van der Waals surface area contributed by atoms with Crippen LogP contribution < -0.4 is 10.1 Å². The van der Waals surface area contributed by atoms with Gasteiger partial charge in [0.25, 0.3) is 0 Å². The number of nitrogens with zero attached hydrogens (tertiary/aromatic N) is 3. The quantitative estimate of drug-likeness (QED) is 0.324. The van der Waals surface area contributed by atoms with Crippen LogP contribution in [-0.4, -0.2) is 33.6 Å². The second-order valence-corrected chi connectivity index (χ2v) is 9.33. The van der Waals surface area contributed by atoms with Crippen LogP contribution in [0.4, 0.5) is 5.95 Å². The summed E-state index contributed by atoms with van der Waals surface area (Å²) in [4.78, 5) is 17.3. The standard InChI is InChI=1S/C23H22Cl2N4O3S/c1-4-33-23-27-22-26-13(2)19(21(30)31-3)20(29(22)28-23)14-6-5-7-17(10-14)32-12-15-8-9-16(24)11-18(15)25/h5-11,20H,4,12H2,1-3H3,(H,26,27,28). The van der Waals surface area contributed by atoms with Crippen LogP contribution in [0.15, 0.2) is 58.9 Å². The monoisotopic (exact) mass is 504 g/mol. The van der Waals surface area contributed by atoms with E-state index in [1.54, 1.807) is 16.8 Å². The molecule has 0 amide bonds. The molecule has 1 unspecified atom stereocenters. The number of hydrogen-bond acceptors (Lipinski definition) is 7. The van der Waals surface area contributed by atoms with E-state index in [4.69, 9.17) is 32.7 Å². The number of rotatable bonds is 7. The number of carbonyl (C=O) groups is 1. The highest BCUT2D eigenvalue weighted by Gasteiger charge is 2.35. The Labute approximate surface area is 206 Å². The van der Waals surface area contributed by atoms with Crippen LogP contribution in [0.2, 0.25) is 10.0 Å². The molecule has 3 aromatic rings. The molecule has 2 heterocycles. The number of methoxy groups -OCH3 is 1. The Bertz CT molecular complexity index is 1230. The van der Waals surface area contributed by atoms with Gasteiger partial charge in [-0.3, -0.25) is 0 Å². The number of nitrogens with one attached hydrogen (secondary N) is 1. The van der Waals surface area contributed by atoms with Gasteiger partial charge in [-0.25, -0.2) is 9.48 Å². The maximum absolute atomic E-state index is 12.7. The van der Waals surface area contributed by atoms with E-state index in [1.807, 2.05) is 44.2 Å². The molecule has 0 radical (unpaired) electrons. The Morgan fingerprint density at radius 1 is 1.24 bits per heavy atom. The zero-order valence-electron chi connectivity index (χ0n) is 18.3. The fourth-order valence-electron chi connectivity index (χ4n) is 3.58. The third-order valence-electron chi connectivity index (χ3n) is 5.10. The fraction of sp³-hybridized carbons (Fsp3) is 0.261. The topological polar surface area (TPSA) is 78.3 Å². The molecule has 0 bridgehead atoms. The first-order valence-corrected chi connectivity index (χ1v) is 12.0. The molecule has 0 aliphatic carbocycles. The van der Waals surface area contributed by atoms with Gasteiger partial charge in [0.1, 0.15) is 18.4 Å². The molecular weight excluding hydrogens is 483 g/mol. The van der Waals surface area contributed by atoms with Crippen LogP contribution in [0.5, 0.6) is 5.75 Å². The third-order valence-corrected chi connectivity index (χ3v) is 6.40. The summed E-state index contributed by atoms with van der Waals surface area (Å²) in [5, 5.41) is 9.55. The number of fused-ring (bicyclic) bond motifs is 1. The lowest BCUT2D eigenvalue weighted by Gasteiger charge is -2.28. The summed E-state index contributed by atoms with van der Waals surface area (Å²) in [5.74, 6) is 1.60. The molecule has 33 heavy (non-hydrogen) atoms. The third kappa shape index (κ3) is 4.98. The number of hydrogen-bond donors (Lipinski definition) is 1. The van der Waals surface area contributed by atoms with Crippen molar-refractivity contribution < 1.29 is 14.3 Å². The summed E-state index contributed by atoms with van der Waals surface area (Å²) in [6.07, 6.45) is 0. The first-order chi connectivity index (χ1) is 15.9. The van der Waals surface area contributed by atoms with E-state index >= 15 is 0 Å². The van der Waals surface area contributed by atoms with E-state index in [0.717, 1.165) is 16.9 Å². The van der Waals surface area contributed by atoms with Gasteiger partial charge in [0.2, 0.25) is 11.1 Å². The van der Waals surface area contributed by atoms with Gasteiger partial charge in [-0.1, -0.05) is 60.1 Å². The van der Waals surface area contributed by atoms with Crippen LogP contribution in [0.3, 0.4) is 0 Å². The van der Waals surface area contributed by atoms with E-state index in [-0.39, 0.29) is 6.61 Å². The van der Waals surface area contributed by atoms with Crippen molar-refractivity contribution in [3.63, 3.8) is 0 Å². The van der Waals surface area contributed by atoms with Crippen molar-refractivity contribution in [2.24, 2.45) is 0 Å². The van der Waals surface area contributed by atoms with Crippen molar-refractivity contribution in [3.05, 3.63) is 74.9 Å². The molecule has 1 aliphatic rings. The molecule has 1 N–H and O–H groups in total. The summed E-state index contributed by atoms with van der Waals surface area (Å²) in [5.41, 5.74) is 2.76. The van der Waals surface area contributed by atoms with E-state index in [1.165, 1.54) is 18.9 Å². The van der Waals surface area contributed by atoms with Gasteiger partial charge in [-0.2, -0.15) is 4.98 Å². The SMILES string of the molecule is CCSc1nc2n(n1)C(c1cccc(OCc3ccc(Cl)cc3Cl)c1)C(C(=O)OC)=C(C)N2. The second-order valence-electron chi connectivity index (χ2n) is 7.25. The summed E-state index contributed by atoms with van der Waals surface area (Å²) in [7, 11) is 1.37. The van der Waals surface area contributed by atoms with Crippen LogP contribution in [0.1, 0.15) is 31.0 Å². The van der Waals surface area contributed by atoms with Gasteiger partial charge in [0.15, 0.2) is 0 Å².